The van der Waals surface area contributed by atoms with E-state index in [0.717, 1.165) is 11.3 Å². The Bertz CT molecular complexity index is 105. The highest BCUT2D eigenvalue weighted by Gasteiger charge is 2.23. The minimum atomic E-state index is 0.781. The Balaban J connectivity index is 2.42. The zero-order valence-corrected chi connectivity index (χ0v) is 7.95. The van der Waals surface area contributed by atoms with Crippen LogP contribution in [0.3, 0.4) is 0 Å². The Kier molecular flexibility index (Phi) is 3.05. The molecule has 1 fully saturated rings. The van der Waals surface area contributed by atoms with Crippen LogP contribution in [-0.2, 0) is 0 Å². The molecule has 0 amide bonds. The third-order valence-electron chi connectivity index (χ3n) is 2.42. The largest absolute Gasteiger partial charge is 0.299 e. The van der Waals surface area contributed by atoms with Gasteiger partial charge in [-0.05, 0) is 13.5 Å². The molecule has 0 N–H and O–H groups in total. The molecule has 60 valence electrons. The Hall–Kier alpha value is 0.310. The number of hydrogen-bond donors (Lipinski definition) is 0. The SMILES string of the molecule is CCN1CCSC(C)C1C. The average molecular weight is 159 g/mol. The summed E-state index contributed by atoms with van der Waals surface area (Å²) in [4.78, 5) is 2.56. The van der Waals surface area contributed by atoms with Crippen molar-refractivity contribution in [3.63, 3.8) is 0 Å². The van der Waals surface area contributed by atoms with E-state index >= 15 is 0 Å². The lowest BCUT2D eigenvalue weighted by Gasteiger charge is -2.36. The van der Waals surface area contributed by atoms with Gasteiger partial charge in [-0.15, -0.1) is 0 Å². The van der Waals surface area contributed by atoms with Gasteiger partial charge < -0.3 is 0 Å². The second kappa shape index (κ2) is 3.63. The van der Waals surface area contributed by atoms with Crippen molar-refractivity contribution in [2.75, 3.05) is 18.8 Å². The lowest BCUT2D eigenvalue weighted by atomic mass is 10.2. The summed E-state index contributed by atoms with van der Waals surface area (Å²) in [6, 6.07) is 0.781. The second-order valence-corrected chi connectivity index (χ2v) is 4.43. The van der Waals surface area contributed by atoms with E-state index in [1.54, 1.807) is 0 Å². The monoisotopic (exact) mass is 159 g/mol. The second-order valence-electron chi connectivity index (χ2n) is 2.95. The van der Waals surface area contributed by atoms with Crippen molar-refractivity contribution in [2.24, 2.45) is 0 Å². The fraction of sp³-hybridized carbons (Fsp3) is 1.00. The van der Waals surface area contributed by atoms with Crippen LogP contribution >= 0.6 is 11.8 Å². The molecule has 0 aromatic heterocycles. The maximum atomic E-state index is 2.56. The van der Waals surface area contributed by atoms with Crippen molar-refractivity contribution < 1.29 is 0 Å². The van der Waals surface area contributed by atoms with E-state index in [1.165, 1.54) is 18.8 Å². The summed E-state index contributed by atoms with van der Waals surface area (Å²) in [5, 5.41) is 0.827. The molecular weight excluding hydrogens is 142 g/mol. The van der Waals surface area contributed by atoms with E-state index < -0.39 is 0 Å². The smallest absolute Gasteiger partial charge is 0.0183 e. The maximum Gasteiger partial charge on any atom is 0.0183 e. The first-order valence-electron chi connectivity index (χ1n) is 4.11. The molecule has 0 aliphatic carbocycles. The van der Waals surface area contributed by atoms with Crippen LogP contribution < -0.4 is 0 Å². The molecule has 1 rings (SSSR count). The van der Waals surface area contributed by atoms with Gasteiger partial charge in [-0.2, -0.15) is 11.8 Å². The van der Waals surface area contributed by atoms with Gasteiger partial charge in [-0.3, -0.25) is 4.90 Å². The lowest BCUT2D eigenvalue weighted by molar-refractivity contribution is 0.224. The molecule has 10 heavy (non-hydrogen) atoms. The van der Waals surface area contributed by atoms with E-state index in [0.29, 0.717) is 0 Å². The van der Waals surface area contributed by atoms with Crippen molar-refractivity contribution >= 4 is 11.8 Å². The Morgan fingerprint density at radius 2 is 2.20 bits per heavy atom. The molecule has 1 heterocycles. The molecule has 0 radical (unpaired) electrons. The van der Waals surface area contributed by atoms with Crippen molar-refractivity contribution in [3.05, 3.63) is 0 Å². The first kappa shape index (κ1) is 8.41. The topological polar surface area (TPSA) is 3.24 Å². The quantitative estimate of drug-likeness (QED) is 0.574. The average Bonchev–Trinajstić information content (AvgIpc) is 1.95. The fourth-order valence-corrected chi connectivity index (χ4v) is 2.60. The van der Waals surface area contributed by atoms with E-state index in [1.807, 2.05) is 0 Å². The third-order valence-corrected chi connectivity index (χ3v) is 3.76. The summed E-state index contributed by atoms with van der Waals surface area (Å²) < 4.78 is 0. The van der Waals surface area contributed by atoms with Gasteiger partial charge in [-0.1, -0.05) is 13.8 Å². The van der Waals surface area contributed by atoms with E-state index in [2.05, 4.69) is 37.4 Å². The van der Waals surface area contributed by atoms with Gasteiger partial charge in [0.1, 0.15) is 0 Å². The predicted octanol–water partition coefficient (Wildman–Crippen LogP) is 1.83. The summed E-state index contributed by atoms with van der Waals surface area (Å²) in [6.45, 7) is 9.41. The van der Waals surface area contributed by atoms with Crippen LogP contribution in [0.5, 0.6) is 0 Å². The molecular formula is C8H17NS. The fourth-order valence-electron chi connectivity index (χ4n) is 1.44. The number of thioether (sulfide) groups is 1. The predicted molar refractivity (Wildman–Crippen MR) is 48.6 cm³/mol. The Labute approximate surface area is 68.2 Å². The molecule has 1 saturated heterocycles. The minimum absolute atomic E-state index is 0.781. The molecule has 2 atom stereocenters. The Morgan fingerprint density at radius 1 is 1.50 bits per heavy atom. The number of rotatable bonds is 1. The van der Waals surface area contributed by atoms with Gasteiger partial charge in [0, 0.05) is 23.6 Å². The van der Waals surface area contributed by atoms with Crippen molar-refractivity contribution in [1.82, 2.24) is 4.90 Å². The summed E-state index contributed by atoms with van der Waals surface area (Å²) in [5.41, 5.74) is 0. The summed E-state index contributed by atoms with van der Waals surface area (Å²) in [7, 11) is 0. The van der Waals surface area contributed by atoms with Gasteiger partial charge in [0.25, 0.3) is 0 Å². The van der Waals surface area contributed by atoms with Gasteiger partial charge in [-0.25, -0.2) is 0 Å². The molecule has 1 aliphatic rings. The normalized spacial score (nSPS) is 36.3. The number of nitrogens with zero attached hydrogens (tertiary/aromatic N) is 1. The highest BCUT2D eigenvalue weighted by atomic mass is 32.2. The first-order chi connectivity index (χ1) is 4.75. The highest BCUT2D eigenvalue weighted by Crippen LogP contribution is 2.23. The number of hydrogen-bond acceptors (Lipinski definition) is 2. The van der Waals surface area contributed by atoms with Gasteiger partial charge in [0.15, 0.2) is 0 Å². The van der Waals surface area contributed by atoms with Crippen LogP contribution in [0, 0.1) is 0 Å². The molecule has 0 bridgehead atoms. The first-order valence-corrected chi connectivity index (χ1v) is 5.16. The van der Waals surface area contributed by atoms with Gasteiger partial charge >= 0.3 is 0 Å². The zero-order chi connectivity index (χ0) is 7.56. The minimum Gasteiger partial charge on any atom is -0.299 e. The molecule has 0 spiro atoms. The molecule has 2 unspecified atom stereocenters. The van der Waals surface area contributed by atoms with Crippen LogP contribution in [0.15, 0.2) is 0 Å². The van der Waals surface area contributed by atoms with Crippen molar-refractivity contribution in [2.45, 2.75) is 32.1 Å². The molecule has 0 aromatic rings. The standard InChI is InChI=1S/C8H17NS/c1-4-9-5-6-10-8(3)7(9)2/h7-8H,4-6H2,1-3H3. The van der Waals surface area contributed by atoms with Crippen LogP contribution in [-0.4, -0.2) is 35.0 Å². The molecule has 0 aromatic carbocycles. The van der Waals surface area contributed by atoms with E-state index in [4.69, 9.17) is 0 Å². The van der Waals surface area contributed by atoms with Gasteiger partial charge in [0.05, 0.1) is 0 Å². The Morgan fingerprint density at radius 3 is 2.70 bits per heavy atom. The third kappa shape index (κ3) is 1.67. The molecule has 2 heteroatoms. The van der Waals surface area contributed by atoms with Crippen molar-refractivity contribution in [1.29, 1.82) is 0 Å². The highest BCUT2D eigenvalue weighted by molar-refractivity contribution is 8.00. The van der Waals surface area contributed by atoms with Crippen LogP contribution in [0.4, 0.5) is 0 Å². The van der Waals surface area contributed by atoms with Gasteiger partial charge in [0.2, 0.25) is 0 Å². The summed E-state index contributed by atoms with van der Waals surface area (Å²) in [5.74, 6) is 1.32. The van der Waals surface area contributed by atoms with E-state index in [-0.39, 0.29) is 0 Å². The summed E-state index contributed by atoms with van der Waals surface area (Å²) in [6.07, 6.45) is 0. The zero-order valence-electron chi connectivity index (χ0n) is 7.13. The van der Waals surface area contributed by atoms with E-state index in [9.17, 15) is 0 Å². The van der Waals surface area contributed by atoms with Crippen molar-refractivity contribution in [3.8, 4) is 0 Å². The van der Waals surface area contributed by atoms with Crippen LogP contribution in [0.25, 0.3) is 0 Å². The summed E-state index contributed by atoms with van der Waals surface area (Å²) >= 11 is 2.10. The lowest BCUT2D eigenvalue weighted by Crippen LogP contribution is -2.44. The van der Waals surface area contributed by atoms with Crippen LogP contribution in [0.2, 0.25) is 0 Å². The van der Waals surface area contributed by atoms with Crippen LogP contribution in [0.1, 0.15) is 20.8 Å². The molecule has 1 nitrogen and oxygen atoms in total. The molecule has 0 saturated carbocycles. The molecule has 1 aliphatic heterocycles. The maximum absolute atomic E-state index is 2.56.